The van der Waals surface area contributed by atoms with Crippen molar-refractivity contribution in [3.63, 3.8) is 0 Å². The van der Waals surface area contributed by atoms with E-state index in [0.717, 1.165) is 0 Å². The summed E-state index contributed by atoms with van der Waals surface area (Å²) in [5, 5.41) is 20.1. The Hall–Kier alpha value is -1.18. The van der Waals surface area contributed by atoms with E-state index < -0.39 is 17.4 Å². The fourth-order valence-electron chi connectivity index (χ4n) is 1.32. The molecule has 7 N–H and O–H groups in total. The minimum atomic E-state index is -1.37. The number of hydrogen-bond acceptors (Lipinski definition) is 5. The monoisotopic (exact) mass is 219 g/mol. The number of nitrogens with one attached hydrogen (secondary N) is 1. The molecule has 7 heteroatoms. The Morgan fingerprint density at radius 2 is 1.80 bits per heavy atom. The SMILES string of the molecule is NC(=O)CC(CCO)(NCCO)C(N)=O. The van der Waals surface area contributed by atoms with Crippen LogP contribution in [-0.4, -0.2) is 47.3 Å². The fraction of sp³-hybridized carbons (Fsp3) is 0.750. The topological polar surface area (TPSA) is 139 Å². The summed E-state index contributed by atoms with van der Waals surface area (Å²) >= 11 is 0. The number of aliphatic hydroxyl groups is 2. The predicted octanol–water partition coefficient (Wildman–Crippen LogP) is -2.95. The average molecular weight is 219 g/mol. The van der Waals surface area contributed by atoms with E-state index in [0.29, 0.717) is 0 Å². The molecule has 0 aromatic carbocycles. The van der Waals surface area contributed by atoms with Crippen LogP contribution in [0.5, 0.6) is 0 Å². The number of aliphatic hydroxyl groups excluding tert-OH is 2. The van der Waals surface area contributed by atoms with Crippen LogP contribution in [-0.2, 0) is 9.59 Å². The van der Waals surface area contributed by atoms with Crippen LogP contribution in [0.4, 0.5) is 0 Å². The lowest BCUT2D eigenvalue weighted by molar-refractivity contribution is -0.130. The van der Waals surface area contributed by atoms with Gasteiger partial charge in [0.1, 0.15) is 5.54 Å². The number of rotatable bonds is 8. The zero-order valence-corrected chi connectivity index (χ0v) is 8.40. The van der Waals surface area contributed by atoms with Gasteiger partial charge in [-0.15, -0.1) is 0 Å². The lowest BCUT2D eigenvalue weighted by Crippen LogP contribution is -2.58. The van der Waals surface area contributed by atoms with Crippen molar-refractivity contribution < 1.29 is 19.8 Å². The first-order valence-corrected chi connectivity index (χ1v) is 4.53. The summed E-state index contributed by atoms with van der Waals surface area (Å²) in [6, 6.07) is 0. The Morgan fingerprint density at radius 1 is 1.20 bits per heavy atom. The largest absolute Gasteiger partial charge is 0.396 e. The molecule has 0 saturated carbocycles. The van der Waals surface area contributed by atoms with Crippen LogP contribution in [0, 0.1) is 0 Å². The maximum Gasteiger partial charge on any atom is 0.238 e. The molecule has 0 rings (SSSR count). The molecule has 2 amide bonds. The van der Waals surface area contributed by atoms with Gasteiger partial charge in [-0.25, -0.2) is 0 Å². The second-order valence-electron chi connectivity index (χ2n) is 3.21. The number of carbonyl (C=O) groups is 2. The van der Waals surface area contributed by atoms with Crippen molar-refractivity contribution in [2.75, 3.05) is 19.8 Å². The van der Waals surface area contributed by atoms with Gasteiger partial charge < -0.3 is 27.0 Å². The number of primary amides is 2. The van der Waals surface area contributed by atoms with Gasteiger partial charge in [0, 0.05) is 13.2 Å². The summed E-state index contributed by atoms with van der Waals surface area (Å²) in [4.78, 5) is 22.0. The maximum absolute atomic E-state index is 11.2. The van der Waals surface area contributed by atoms with Gasteiger partial charge in [0.25, 0.3) is 0 Å². The summed E-state index contributed by atoms with van der Waals surface area (Å²) in [5.74, 6) is -1.48. The highest BCUT2D eigenvalue weighted by atomic mass is 16.3. The molecule has 88 valence electrons. The van der Waals surface area contributed by atoms with Crippen LogP contribution in [0.1, 0.15) is 12.8 Å². The number of nitrogens with two attached hydrogens (primary N) is 2. The third-order valence-corrected chi connectivity index (χ3v) is 2.06. The maximum atomic E-state index is 11.2. The Bertz CT molecular complexity index is 234. The molecule has 0 aliphatic carbocycles. The predicted molar refractivity (Wildman–Crippen MR) is 52.5 cm³/mol. The van der Waals surface area contributed by atoms with Crippen molar-refractivity contribution in [1.82, 2.24) is 5.32 Å². The van der Waals surface area contributed by atoms with Gasteiger partial charge in [-0.3, -0.25) is 9.59 Å². The van der Waals surface area contributed by atoms with Gasteiger partial charge in [0.15, 0.2) is 0 Å². The number of carbonyl (C=O) groups excluding carboxylic acids is 2. The first-order valence-electron chi connectivity index (χ1n) is 4.53. The van der Waals surface area contributed by atoms with Crippen molar-refractivity contribution in [2.24, 2.45) is 11.5 Å². The minimum Gasteiger partial charge on any atom is -0.396 e. The molecule has 0 aliphatic rings. The van der Waals surface area contributed by atoms with Crippen LogP contribution < -0.4 is 16.8 Å². The quantitative estimate of drug-likeness (QED) is 0.297. The van der Waals surface area contributed by atoms with E-state index in [-0.39, 0.29) is 32.6 Å². The minimum absolute atomic E-state index is 0.0225. The molecule has 0 aliphatic heterocycles. The van der Waals surface area contributed by atoms with Crippen LogP contribution in [0.15, 0.2) is 0 Å². The molecule has 0 fully saturated rings. The molecule has 0 heterocycles. The lowest BCUT2D eigenvalue weighted by Gasteiger charge is -2.29. The highest BCUT2D eigenvalue weighted by Crippen LogP contribution is 2.14. The summed E-state index contributed by atoms with van der Waals surface area (Å²) in [6.07, 6.45) is -0.325. The summed E-state index contributed by atoms with van der Waals surface area (Å²) in [7, 11) is 0. The van der Waals surface area contributed by atoms with Crippen molar-refractivity contribution in [1.29, 1.82) is 0 Å². The Morgan fingerprint density at radius 3 is 2.13 bits per heavy atom. The highest BCUT2D eigenvalue weighted by Gasteiger charge is 2.37. The highest BCUT2D eigenvalue weighted by molar-refractivity contribution is 5.90. The normalized spacial score (nSPS) is 14.5. The molecular formula is C8H17N3O4. The van der Waals surface area contributed by atoms with Crippen LogP contribution >= 0.6 is 0 Å². The van der Waals surface area contributed by atoms with Crippen molar-refractivity contribution in [3.05, 3.63) is 0 Å². The van der Waals surface area contributed by atoms with Crippen LogP contribution in [0.25, 0.3) is 0 Å². The summed E-state index contributed by atoms with van der Waals surface area (Å²) < 4.78 is 0. The number of amides is 2. The standard InChI is InChI=1S/C8H17N3O4/c9-6(14)5-8(1-3-12,7(10)15)11-2-4-13/h11-13H,1-5H2,(H2,9,14)(H2,10,15). The first-order chi connectivity index (χ1) is 6.98. The third kappa shape index (κ3) is 4.24. The van der Waals surface area contributed by atoms with E-state index in [4.69, 9.17) is 21.7 Å². The molecule has 0 aromatic heterocycles. The van der Waals surface area contributed by atoms with Gasteiger partial charge in [-0.05, 0) is 6.42 Å². The van der Waals surface area contributed by atoms with Gasteiger partial charge >= 0.3 is 0 Å². The van der Waals surface area contributed by atoms with Crippen molar-refractivity contribution in [2.45, 2.75) is 18.4 Å². The zero-order valence-electron chi connectivity index (χ0n) is 8.40. The average Bonchev–Trinajstić information content (AvgIpc) is 2.13. The molecule has 1 unspecified atom stereocenters. The molecule has 0 bridgehead atoms. The smallest absolute Gasteiger partial charge is 0.238 e. The van der Waals surface area contributed by atoms with Gasteiger partial charge in [0.05, 0.1) is 13.0 Å². The van der Waals surface area contributed by atoms with E-state index in [1.54, 1.807) is 0 Å². The number of β-amino-alcohol motifs (C(OH)–C–C–N with tert-alkyl or cyclic N) is 1. The van der Waals surface area contributed by atoms with Gasteiger partial charge in [0.2, 0.25) is 11.8 Å². The summed E-state index contributed by atoms with van der Waals surface area (Å²) in [5.41, 5.74) is 8.76. The second kappa shape index (κ2) is 6.33. The van der Waals surface area contributed by atoms with Crippen molar-refractivity contribution >= 4 is 11.8 Å². The first kappa shape index (κ1) is 13.8. The van der Waals surface area contributed by atoms with Crippen LogP contribution in [0.2, 0.25) is 0 Å². The molecule has 7 nitrogen and oxygen atoms in total. The second-order valence-corrected chi connectivity index (χ2v) is 3.21. The van der Waals surface area contributed by atoms with Gasteiger partial charge in [-0.2, -0.15) is 0 Å². The van der Waals surface area contributed by atoms with E-state index in [1.165, 1.54) is 0 Å². The molecule has 0 aromatic rings. The molecule has 1 atom stereocenters. The van der Waals surface area contributed by atoms with Crippen molar-refractivity contribution in [3.8, 4) is 0 Å². The Balaban J connectivity index is 4.71. The Labute approximate surface area is 87.4 Å². The summed E-state index contributed by atoms with van der Waals surface area (Å²) in [6.45, 7) is -0.426. The Kier molecular flexibility index (Phi) is 5.83. The zero-order chi connectivity index (χ0) is 11.9. The molecule has 15 heavy (non-hydrogen) atoms. The van der Waals surface area contributed by atoms with E-state index >= 15 is 0 Å². The lowest BCUT2D eigenvalue weighted by atomic mass is 9.90. The van der Waals surface area contributed by atoms with E-state index in [2.05, 4.69) is 5.32 Å². The molecular weight excluding hydrogens is 202 g/mol. The van der Waals surface area contributed by atoms with Crippen LogP contribution in [0.3, 0.4) is 0 Å². The van der Waals surface area contributed by atoms with E-state index in [9.17, 15) is 9.59 Å². The number of hydrogen-bond donors (Lipinski definition) is 5. The van der Waals surface area contributed by atoms with Gasteiger partial charge in [-0.1, -0.05) is 0 Å². The molecule has 0 radical (unpaired) electrons. The fourth-order valence-corrected chi connectivity index (χ4v) is 1.32. The van der Waals surface area contributed by atoms with E-state index in [1.807, 2.05) is 0 Å². The molecule has 0 spiro atoms. The third-order valence-electron chi connectivity index (χ3n) is 2.06. The molecule has 0 saturated heterocycles.